The molecule has 31 heavy (non-hydrogen) atoms. The Morgan fingerprint density at radius 2 is 1.87 bits per heavy atom. The van der Waals surface area contributed by atoms with Gasteiger partial charge in [0.2, 0.25) is 0 Å². The van der Waals surface area contributed by atoms with Crippen LogP contribution in [-0.4, -0.2) is 4.57 Å². The number of thiazole rings is 1. The van der Waals surface area contributed by atoms with Gasteiger partial charge >= 0.3 is 0 Å². The minimum Gasteiger partial charge on any atom is -0.272 e. The Morgan fingerprint density at radius 1 is 1.03 bits per heavy atom. The molecule has 0 fully saturated rings. The average molecular weight is 461 g/mol. The van der Waals surface area contributed by atoms with Crippen LogP contribution in [0.25, 0.3) is 11.8 Å². The highest BCUT2D eigenvalue weighted by Crippen LogP contribution is 2.42. The van der Waals surface area contributed by atoms with Crippen molar-refractivity contribution in [2.24, 2.45) is 4.99 Å². The average Bonchev–Trinajstić information content (AvgIpc) is 3.41. The van der Waals surface area contributed by atoms with Crippen LogP contribution in [0.5, 0.6) is 0 Å². The van der Waals surface area contributed by atoms with Crippen molar-refractivity contribution >= 4 is 46.0 Å². The second-order valence-electron chi connectivity index (χ2n) is 7.65. The number of aromatic nitrogens is 1. The minimum atomic E-state index is -0.237. The van der Waals surface area contributed by atoms with E-state index in [1.165, 1.54) is 22.5 Å². The number of hydrogen-bond donors (Lipinski definition) is 0. The molecule has 0 amide bonds. The van der Waals surface area contributed by atoms with Crippen LogP contribution in [0.15, 0.2) is 81.4 Å². The van der Waals surface area contributed by atoms with E-state index in [0.29, 0.717) is 9.55 Å². The molecule has 1 unspecified atom stereocenters. The molecule has 1 atom stereocenters. The van der Waals surface area contributed by atoms with Gasteiger partial charge in [-0.3, -0.25) is 9.36 Å². The van der Waals surface area contributed by atoms with Gasteiger partial charge in [0, 0.05) is 15.5 Å². The van der Waals surface area contributed by atoms with Crippen molar-refractivity contribution < 1.29 is 0 Å². The Kier molecular flexibility index (Phi) is 4.56. The number of fused-ring (bicyclic) bond motifs is 3. The van der Waals surface area contributed by atoms with Crippen molar-refractivity contribution in [1.29, 1.82) is 0 Å². The summed E-state index contributed by atoms with van der Waals surface area (Å²) in [5, 5.41) is 2.69. The van der Waals surface area contributed by atoms with Crippen LogP contribution in [0.4, 0.5) is 0 Å². The molecular weight excluding hydrogens is 444 g/mol. The smallest absolute Gasteiger partial charge is 0.271 e. The molecular formula is C25H17ClN2OS2. The van der Waals surface area contributed by atoms with Crippen LogP contribution >= 0.6 is 34.3 Å². The first-order chi connectivity index (χ1) is 15.2. The fourth-order valence-electron chi connectivity index (χ4n) is 4.50. The van der Waals surface area contributed by atoms with E-state index in [4.69, 9.17) is 16.6 Å². The zero-order valence-corrected chi connectivity index (χ0v) is 18.8. The lowest BCUT2D eigenvalue weighted by molar-refractivity contribution is 0.585. The molecule has 0 spiro atoms. The van der Waals surface area contributed by atoms with Crippen molar-refractivity contribution in [2.75, 3.05) is 0 Å². The van der Waals surface area contributed by atoms with Gasteiger partial charge in [-0.15, -0.1) is 11.3 Å². The highest BCUT2D eigenvalue weighted by Gasteiger charge is 2.33. The van der Waals surface area contributed by atoms with Gasteiger partial charge in [0.25, 0.3) is 5.56 Å². The van der Waals surface area contributed by atoms with Gasteiger partial charge in [0.05, 0.1) is 16.3 Å². The molecule has 0 saturated carbocycles. The molecule has 0 saturated heterocycles. The molecule has 1 aliphatic heterocycles. The molecule has 0 radical (unpaired) electrons. The van der Waals surface area contributed by atoms with Gasteiger partial charge in [-0.05, 0) is 53.1 Å². The Balaban J connectivity index is 1.68. The van der Waals surface area contributed by atoms with Gasteiger partial charge in [-0.2, -0.15) is 0 Å². The van der Waals surface area contributed by atoms with E-state index in [1.807, 2.05) is 52.4 Å². The van der Waals surface area contributed by atoms with Crippen LogP contribution in [0.2, 0.25) is 5.02 Å². The highest BCUT2D eigenvalue weighted by molar-refractivity contribution is 7.11. The summed E-state index contributed by atoms with van der Waals surface area (Å²) in [5.74, 6) is 0. The number of rotatable bonds is 2. The summed E-state index contributed by atoms with van der Waals surface area (Å²) in [6.45, 7) is 0. The molecule has 2 aliphatic rings. The van der Waals surface area contributed by atoms with E-state index in [9.17, 15) is 4.79 Å². The van der Waals surface area contributed by atoms with E-state index in [0.717, 1.165) is 39.3 Å². The predicted octanol–water partition coefficient (Wildman–Crippen LogP) is 5.03. The third-order valence-corrected chi connectivity index (χ3v) is 8.04. The minimum absolute atomic E-state index is 0.00696. The van der Waals surface area contributed by atoms with Crippen LogP contribution in [0.1, 0.15) is 34.0 Å². The van der Waals surface area contributed by atoms with Crippen LogP contribution in [-0.2, 0) is 6.42 Å². The normalized spacial score (nSPS) is 17.7. The zero-order valence-electron chi connectivity index (χ0n) is 16.4. The largest absolute Gasteiger partial charge is 0.272 e. The van der Waals surface area contributed by atoms with Crippen molar-refractivity contribution in [2.45, 2.75) is 18.9 Å². The van der Waals surface area contributed by atoms with E-state index in [-0.39, 0.29) is 11.6 Å². The van der Waals surface area contributed by atoms with E-state index in [2.05, 4.69) is 24.3 Å². The number of benzene rings is 2. The van der Waals surface area contributed by atoms with Gasteiger partial charge < -0.3 is 0 Å². The van der Waals surface area contributed by atoms with Crippen molar-refractivity contribution in [3.8, 4) is 0 Å². The molecule has 4 aromatic rings. The molecule has 6 heteroatoms. The number of thiophene rings is 1. The summed E-state index contributed by atoms with van der Waals surface area (Å²) in [4.78, 5) is 20.4. The predicted molar refractivity (Wildman–Crippen MR) is 129 cm³/mol. The topological polar surface area (TPSA) is 34.4 Å². The number of nitrogens with zero attached hydrogens (tertiary/aromatic N) is 2. The maximum Gasteiger partial charge on any atom is 0.271 e. The first kappa shape index (κ1) is 19.0. The lowest BCUT2D eigenvalue weighted by Gasteiger charge is -2.31. The van der Waals surface area contributed by atoms with Gasteiger partial charge in [0.15, 0.2) is 4.80 Å². The molecule has 3 nitrogen and oxygen atoms in total. The second-order valence-corrected chi connectivity index (χ2v) is 10.0. The molecule has 6 rings (SSSR count). The summed E-state index contributed by atoms with van der Waals surface area (Å²) in [5.41, 5.74) is 5.58. The lowest BCUT2D eigenvalue weighted by atomic mass is 9.83. The third-order valence-electron chi connectivity index (χ3n) is 5.89. The highest BCUT2D eigenvalue weighted by atomic mass is 35.5. The SMILES string of the molecule is O=c1c(=Cc2cccs2)sc2n1C(c1ccccc1Cl)C1=C(N=2)c2ccccc2CC1. The summed E-state index contributed by atoms with van der Waals surface area (Å²) in [6.07, 6.45) is 3.76. The van der Waals surface area contributed by atoms with Crippen LogP contribution in [0.3, 0.4) is 0 Å². The van der Waals surface area contributed by atoms with Gasteiger partial charge in [0.1, 0.15) is 0 Å². The number of hydrogen-bond acceptors (Lipinski definition) is 4. The van der Waals surface area contributed by atoms with Gasteiger partial charge in [-0.1, -0.05) is 71.5 Å². The Hall–Kier alpha value is -2.73. The molecule has 152 valence electrons. The van der Waals surface area contributed by atoms with Gasteiger partial charge in [-0.25, -0.2) is 4.99 Å². The van der Waals surface area contributed by atoms with Crippen LogP contribution < -0.4 is 14.9 Å². The molecule has 2 aromatic carbocycles. The Bertz CT molecular complexity index is 1530. The second kappa shape index (κ2) is 7.45. The Morgan fingerprint density at radius 3 is 2.71 bits per heavy atom. The van der Waals surface area contributed by atoms with Crippen LogP contribution in [0, 0.1) is 0 Å². The zero-order chi connectivity index (χ0) is 20.9. The molecule has 0 bridgehead atoms. The Labute approximate surface area is 191 Å². The first-order valence-corrected chi connectivity index (χ1v) is 12.2. The first-order valence-electron chi connectivity index (χ1n) is 10.1. The van der Waals surface area contributed by atoms with E-state index in [1.54, 1.807) is 11.3 Å². The standard InChI is InChI=1S/C25H17ClN2OS2/c26-20-10-4-3-9-18(20)23-19-12-11-15-6-1-2-8-17(15)22(19)27-25-28(23)24(29)21(31-25)14-16-7-5-13-30-16/h1-10,13-14,23H,11-12H2. The monoisotopic (exact) mass is 460 g/mol. The number of aryl methyl sites for hydroxylation is 1. The molecule has 3 heterocycles. The van der Waals surface area contributed by atoms with Crippen molar-refractivity contribution in [3.63, 3.8) is 0 Å². The quantitative estimate of drug-likeness (QED) is 0.413. The van der Waals surface area contributed by atoms with E-state index >= 15 is 0 Å². The summed E-state index contributed by atoms with van der Waals surface area (Å²) in [7, 11) is 0. The maximum atomic E-state index is 13.6. The number of halogens is 1. The third kappa shape index (κ3) is 3.07. The maximum absolute atomic E-state index is 13.6. The molecule has 1 aliphatic carbocycles. The molecule has 0 N–H and O–H groups in total. The fraction of sp³-hybridized carbons (Fsp3) is 0.120. The van der Waals surface area contributed by atoms with Crippen molar-refractivity contribution in [1.82, 2.24) is 4.57 Å². The molecule has 2 aromatic heterocycles. The summed E-state index contributed by atoms with van der Waals surface area (Å²) >= 11 is 9.73. The summed E-state index contributed by atoms with van der Waals surface area (Å²) in [6, 6.07) is 20.1. The van der Waals surface area contributed by atoms with Crippen molar-refractivity contribution in [3.05, 3.63) is 118 Å². The fourth-order valence-corrected chi connectivity index (χ4v) is 6.46. The van der Waals surface area contributed by atoms with E-state index < -0.39 is 0 Å². The number of allylic oxidation sites excluding steroid dienone is 1. The lowest BCUT2D eigenvalue weighted by Crippen LogP contribution is -2.38. The summed E-state index contributed by atoms with van der Waals surface area (Å²) < 4.78 is 2.55.